The number of rotatable bonds is 12. The molecule has 1 aliphatic rings. The van der Waals surface area contributed by atoms with Crippen LogP contribution < -0.4 is 21.3 Å². The fourth-order valence-electron chi connectivity index (χ4n) is 5.33. The molecule has 46 heavy (non-hydrogen) atoms. The highest BCUT2D eigenvalue weighted by atomic mass is 19.4. The zero-order chi connectivity index (χ0) is 33.3. The predicted molar refractivity (Wildman–Crippen MR) is 168 cm³/mol. The van der Waals surface area contributed by atoms with Gasteiger partial charge >= 0.3 is 12.3 Å². The van der Waals surface area contributed by atoms with E-state index in [0.29, 0.717) is 37.2 Å². The molecule has 0 aliphatic carbocycles. The van der Waals surface area contributed by atoms with Gasteiger partial charge in [-0.2, -0.15) is 13.2 Å². The highest BCUT2D eigenvalue weighted by Crippen LogP contribution is 2.35. The average Bonchev–Trinajstić information content (AvgIpc) is 3.02. The topological polar surface area (TPSA) is 106 Å². The Morgan fingerprint density at radius 3 is 2.52 bits per heavy atom. The number of hydrogen-bond donors (Lipinski definition) is 3. The quantitative estimate of drug-likeness (QED) is 0.221. The molecular formula is C34H40F4N4O4. The summed E-state index contributed by atoms with van der Waals surface area (Å²) in [7, 11) is 0. The second-order valence-electron chi connectivity index (χ2n) is 11.4. The summed E-state index contributed by atoms with van der Waals surface area (Å²) in [5.74, 6) is -0.839. The van der Waals surface area contributed by atoms with Gasteiger partial charge in [-0.3, -0.25) is 9.69 Å². The number of benzene rings is 3. The Morgan fingerprint density at radius 1 is 1.09 bits per heavy atom. The molecular weight excluding hydrogens is 604 g/mol. The fourth-order valence-corrected chi connectivity index (χ4v) is 5.33. The molecule has 0 unspecified atom stereocenters. The number of alkyl halides is 3. The summed E-state index contributed by atoms with van der Waals surface area (Å²) in [6.45, 7) is 3.78. The maximum atomic E-state index is 14.7. The van der Waals surface area contributed by atoms with Crippen molar-refractivity contribution in [2.75, 3.05) is 37.7 Å². The number of nitrogens with two attached hydrogens (primary N) is 1. The summed E-state index contributed by atoms with van der Waals surface area (Å²) in [6, 6.07) is 17.8. The molecule has 8 nitrogen and oxygen atoms in total. The molecule has 12 heteroatoms. The molecule has 0 aromatic heterocycles. The third-order valence-corrected chi connectivity index (χ3v) is 7.83. The number of ether oxygens (including phenoxy) is 2. The third-order valence-electron chi connectivity index (χ3n) is 7.83. The van der Waals surface area contributed by atoms with Crippen LogP contribution in [-0.2, 0) is 27.1 Å². The number of nitrogens with one attached hydrogen (secondary N) is 2. The number of carbonyl (C=O) groups is 2. The molecule has 0 radical (unpaired) electrons. The second-order valence-corrected chi connectivity index (χ2v) is 11.4. The standard InChI is InChI=1S/C34H40F4N4O4/c1-22-6-8-24(9-7-22)16-25-10-11-26(35)17-31(25)42(32(43)18-39)30-5-3-4-23(2)29(30)13-12-28-19-41-27(20-45-28)21-46-33(44)40-15-14-34(36,37)38/h3-11,17,27-28,41H,12-16,18-21,39H2,1-2H3,(H,40,44)/t27-,28+/m0/s1. The highest BCUT2D eigenvalue weighted by Gasteiger charge is 2.28. The number of aryl methyl sites for hydroxylation is 2. The van der Waals surface area contributed by atoms with Crippen LogP contribution in [0.1, 0.15) is 40.7 Å². The van der Waals surface area contributed by atoms with Crippen LogP contribution in [0.4, 0.5) is 33.7 Å². The Hall–Kier alpha value is -4.00. The molecule has 0 spiro atoms. The van der Waals surface area contributed by atoms with Crippen molar-refractivity contribution in [3.8, 4) is 0 Å². The van der Waals surface area contributed by atoms with E-state index < -0.39 is 31.1 Å². The van der Waals surface area contributed by atoms with E-state index in [-0.39, 0.29) is 37.8 Å². The van der Waals surface area contributed by atoms with Crippen molar-refractivity contribution in [2.45, 2.75) is 57.9 Å². The van der Waals surface area contributed by atoms with Crippen molar-refractivity contribution >= 4 is 23.4 Å². The Morgan fingerprint density at radius 2 is 1.85 bits per heavy atom. The van der Waals surface area contributed by atoms with Gasteiger partial charge in [0.25, 0.3) is 0 Å². The number of hydrogen-bond acceptors (Lipinski definition) is 6. The molecule has 248 valence electrons. The van der Waals surface area contributed by atoms with Crippen molar-refractivity contribution in [3.05, 3.63) is 94.3 Å². The number of carbonyl (C=O) groups excluding carboxylic acids is 2. The zero-order valence-electron chi connectivity index (χ0n) is 26.0. The molecule has 1 heterocycles. The van der Waals surface area contributed by atoms with Gasteiger partial charge < -0.3 is 25.8 Å². The summed E-state index contributed by atoms with van der Waals surface area (Å²) < 4.78 is 62.5. The summed E-state index contributed by atoms with van der Waals surface area (Å²) in [4.78, 5) is 26.7. The van der Waals surface area contributed by atoms with Crippen LogP contribution in [0.3, 0.4) is 0 Å². The van der Waals surface area contributed by atoms with Crippen LogP contribution >= 0.6 is 0 Å². The van der Waals surface area contributed by atoms with Crippen LogP contribution in [0.25, 0.3) is 0 Å². The predicted octanol–water partition coefficient (Wildman–Crippen LogP) is 5.62. The van der Waals surface area contributed by atoms with Crippen LogP contribution in [0.15, 0.2) is 60.7 Å². The number of nitrogens with zero attached hydrogens (tertiary/aromatic N) is 1. The number of alkyl carbamates (subject to hydrolysis) is 1. The van der Waals surface area contributed by atoms with E-state index >= 15 is 0 Å². The molecule has 3 aromatic rings. The van der Waals surface area contributed by atoms with Gasteiger partial charge in [-0.25, -0.2) is 9.18 Å². The number of morpholine rings is 1. The molecule has 1 fully saturated rings. The lowest BCUT2D eigenvalue weighted by Gasteiger charge is -2.31. The summed E-state index contributed by atoms with van der Waals surface area (Å²) in [5.41, 5.74) is 11.7. The Labute approximate surface area is 266 Å². The van der Waals surface area contributed by atoms with Gasteiger partial charge in [-0.05, 0) is 73.6 Å². The molecule has 4 N–H and O–H groups in total. The van der Waals surface area contributed by atoms with E-state index in [1.165, 1.54) is 17.0 Å². The van der Waals surface area contributed by atoms with E-state index in [1.54, 1.807) is 6.07 Å². The molecule has 0 bridgehead atoms. The molecule has 4 rings (SSSR count). The molecule has 1 aliphatic heterocycles. The van der Waals surface area contributed by atoms with E-state index in [9.17, 15) is 27.2 Å². The SMILES string of the molecule is Cc1ccc(Cc2ccc(F)cc2N(C(=O)CN)c2cccc(C)c2CC[C@@H]2CN[C@H](COC(=O)NCCC(F)(F)F)CO2)cc1. The lowest BCUT2D eigenvalue weighted by atomic mass is 9.96. The maximum absolute atomic E-state index is 14.7. The summed E-state index contributed by atoms with van der Waals surface area (Å²) >= 11 is 0. The van der Waals surface area contributed by atoms with Crippen molar-refractivity contribution in [1.82, 2.24) is 10.6 Å². The van der Waals surface area contributed by atoms with Crippen LogP contribution in [-0.4, -0.2) is 63.2 Å². The van der Waals surface area contributed by atoms with E-state index in [0.717, 1.165) is 27.8 Å². The molecule has 0 saturated carbocycles. The van der Waals surface area contributed by atoms with Gasteiger partial charge in [0.15, 0.2) is 0 Å². The molecule has 3 aromatic carbocycles. The fraction of sp³-hybridized carbons (Fsp3) is 0.412. The number of amides is 2. The van der Waals surface area contributed by atoms with Gasteiger partial charge in [0.05, 0.1) is 43.1 Å². The zero-order valence-corrected chi connectivity index (χ0v) is 26.0. The first kappa shape index (κ1) is 34.9. The van der Waals surface area contributed by atoms with E-state index in [1.807, 2.05) is 56.3 Å². The van der Waals surface area contributed by atoms with E-state index in [4.69, 9.17) is 15.2 Å². The van der Waals surface area contributed by atoms with Crippen molar-refractivity contribution in [3.63, 3.8) is 0 Å². The van der Waals surface area contributed by atoms with Crippen LogP contribution in [0.5, 0.6) is 0 Å². The Balaban J connectivity index is 1.44. The minimum Gasteiger partial charge on any atom is -0.448 e. The van der Waals surface area contributed by atoms with Gasteiger partial charge in [-0.1, -0.05) is 48.0 Å². The largest absolute Gasteiger partial charge is 0.448 e. The molecule has 2 atom stereocenters. The van der Waals surface area contributed by atoms with Gasteiger partial charge in [0, 0.05) is 13.1 Å². The highest BCUT2D eigenvalue weighted by molar-refractivity contribution is 6.03. The Bertz CT molecular complexity index is 1470. The Kier molecular flexibility index (Phi) is 12.1. The minimum absolute atomic E-state index is 0.0543. The molecule has 2 amide bonds. The van der Waals surface area contributed by atoms with Crippen LogP contribution in [0.2, 0.25) is 0 Å². The maximum Gasteiger partial charge on any atom is 0.407 e. The lowest BCUT2D eigenvalue weighted by molar-refractivity contribution is -0.133. The monoisotopic (exact) mass is 644 g/mol. The van der Waals surface area contributed by atoms with Crippen molar-refractivity contribution in [1.29, 1.82) is 0 Å². The number of anilines is 2. The second kappa shape index (κ2) is 16.0. The summed E-state index contributed by atoms with van der Waals surface area (Å²) in [6.07, 6.45) is -4.96. The number of halogens is 4. The minimum atomic E-state index is -4.36. The first-order valence-electron chi connectivity index (χ1n) is 15.2. The van der Waals surface area contributed by atoms with E-state index in [2.05, 4.69) is 10.6 Å². The first-order chi connectivity index (χ1) is 21.9. The first-order valence-corrected chi connectivity index (χ1v) is 15.2. The van der Waals surface area contributed by atoms with Crippen LogP contribution in [0, 0.1) is 19.7 Å². The van der Waals surface area contributed by atoms with Gasteiger partial charge in [-0.15, -0.1) is 0 Å². The summed E-state index contributed by atoms with van der Waals surface area (Å²) in [5, 5.41) is 5.34. The van der Waals surface area contributed by atoms with Gasteiger partial charge in [0.2, 0.25) is 5.91 Å². The van der Waals surface area contributed by atoms with Crippen molar-refractivity contribution in [2.24, 2.45) is 5.73 Å². The lowest BCUT2D eigenvalue weighted by Crippen LogP contribution is -2.49. The third kappa shape index (κ3) is 10.0. The molecule has 1 saturated heterocycles. The smallest absolute Gasteiger partial charge is 0.407 e. The average molecular weight is 645 g/mol. The normalized spacial score (nSPS) is 16.6. The van der Waals surface area contributed by atoms with Crippen molar-refractivity contribution < 1.29 is 36.6 Å². The van der Waals surface area contributed by atoms with Gasteiger partial charge in [0.1, 0.15) is 12.4 Å².